The monoisotopic (exact) mass is 394 g/mol. The molecule has 0 saturated carbocycles. The number of aliphatic hydroxyl groups excluding tert-OH is 1. The second-order valence-electron chi connectivity index (χ2n) is 6.54. The number of pyridine rings is 1. The van der Waals surface area contributed by atoms with Crippen molar-refractivity contribution in [3.63, 3.8) is 0 Å². The van der Waals surface area contributed by atoms with E-state index in [1.165, 1.54) is 0 Å². The number of hydrogen-bond donors (Lipinski definition) is 2. The molecular formula is C21H22N4O2S. The van der Waals surface area contributed by atoms with Gasteiger partial charge in [0.1, 0.15) is 5.75 Å². The summed E-state index contributed by atoms with van der Waals surface area (Å²) >= 11 is 5.58. The lowest BCUT2D eigenvalue weighted by molar-refractivity contribution is 0.220. The SMILES string of the molecule is COc1ccc(-n2cccc2C2C(c3ccccn3)NC(=S)N2CCO)cc1. The molecule has 3 aromatic rings. The van der Waals surface area contributed by atoms with E-state index >= 15 is 0 Å². The summed E-state index contributed by atoms with van der Waals surface area (Å²) in [7, 11) is 1.66. The maximum atomic E-state index is 9.60. The number of β-amino-alcohol motifs (C(OH)–C–C–N with tert-alkyl or cyclic N) is 1. The summed E-state index contributed by atoms with van der Waals surface area (Å²) in [6.45, 7) is 0.476. The molecule has 0 spiro atoms. The van der Waals surface area contributed by atoms with Crippen molar-refractivity contribution >= 4 is 17.3 Å². The summed E-state index contributed by atoms with van der Waals surface area (Å²) in [5.74, 6) is 0.814. The van der Waals surface area contributed by atoms with Crippen molar-refractivity contribution in [1.29, 1.82) is 0 Å². The van der Waals surface area contributed by atoms with Gasteiger partial charge in [0.05, 0.1) is 31.5 Å². The van der Waals surface area contributed by atoms with Gasteiger partial charge in [-0.3, -0.25) is 4.98 Å². The lowest BCUT2D eigenvalue weighted by Gasteiger charge is -2.28. The zero-order valence-electron chi connectivity index (χ0n) is 15.5. The Balaban J connectivity index is 1.77. The molecule has 2 unspecified atom stereocenters. The summed E-state index contributed by atoms with van der Waals surface area (Å²) in [5, 5.41) is 13.6. The molecule has 0 amide bonds. The van der Waals surface area contributed by atoms with Crippen LogP contribution in [-0.4, -0.2) is 44.9 Å². The number of nitrogens with one attached hydrogen (secondary N) is 1. The zero-order valence-corrected chi connectivity index (χ0v) is 16.3. The number of aliphatic hydroxyl groups is 1. The van der Waals surface area contributed by atoms with Crippen molar-refractivity contribution in [1.82, 2.24) is 19.8 Å². The highest BCUT2D eigenvalue weighted by Crippen LogP contribution is 2.39. The minimum atomic E-state index is -0.104. The van der Waals surface area contributed by atoms with Crippen LogP contribution in [0, 0.1) is 0 Å². The van der Waals surface area contributed by atoms with E-state index in [-0.39, 0.29) is 18.7 Å². The third kappa shape index (κ3) is 3.34. The van der Waals surface area contributed by atoms with E-state index < -0.39 is 0 Å². The standard InChI is InChI=1S/C21H22N4O2S/c1-27-16-9-7-15(8-10-16)24-12-4-6-18(24)20-19(17-5-2-3-11-22-17)23-21(28)25(20)13-14-26/h2-12,19-20,26H,13-14H2,1H3,(H,23,28). The van der Waals surface area contributed by atoms with Crippen molar-refractivity contribution in [2.75, 3.05) is 20.3 Å². The first-order valence-corrected chi connectivity index (χ1v) is 9.54. The smallest absolute Gasteiger partial charge is 0.170 e. The predicted molar refractivity (Wildman–Crippen MR) is 112 cm³/mol. The molecule has 2 atom stereocenters. The molecule has 1 saturated heterocycles. The largest absolute Gasteiger partial charge is 0.497 e. The summed E-state index contributed by atoms with van der Waals surface area (Å²) in [6.07, 6.45) is 3.82. The van der Waals surface area contributed by atoms with Crippen LogP contribution in [0.3, 0.4) is 0 Å². The van der Waals surface area contributed by atoms with Gasteiger partial charge in [0, 0.05) is 30.3 Å². The molecule has 3 heterocycles. The van der Waals surface area contributed by atoms with Crippen molar-refractivity contribution < 1.29 is 9.84 Å². The van der Waals surface area contributed by atoms with Crippen molar-refractivity contribution in [3.05, 3.63) is 78.4 Å². The summed E-state index contributed by atoms with van der Waals surface area (Å²) in [4.78, 5) is 6.57. The van der Waals surface area contributed by atoms with Crippen LogP contribution in [-0.2, 0) is 0 Å². The Labute approximate surface area is 169 Å². The predicted octanol–water partition coefficient (Wildman–Crippen LogP) is 2.85. The molecule has 2 N–H and O–H groups in total. The number of nitrogens with zero attached hydrogens (tertiary/aromatic N) is 3. The summed E-state index contributed by atoms with van der Waals surface area (Å²) < 4.78 is 7.41. The average molecular weight is 395 g/mol. The van der Waals surface area contributed by atoms with Gasteiger partial charge >= 0.3 is 0 Å². The summed E-state index contributed by atoms with van der Waals surface area (Å²) in [6, 6.07) is 17.7. The van der Waals surface area contributed by atoms with Crippen LogP contribution >= 0.6 is 12.2 Å². The van der Waals surface area contributed by atoms with Crippen LogP contribution in [0.5, 0.6) is 5.75 Å². The van der Waals surface area contributed by atoms with Gasteiger partial charge in [-0.2, -0.15) is 0 Å². The van der Waals surface area contributed by atoms with E-state index in [2.05, 4.69) is 20.9 Å². The Morgan fingerprint density at radius 2 is 1.96 bits per heavy atom. The zero-order chi connectivity index (χ0) is 19.5. The fourth-order valence-electron chi connectivity index (χ4n) is 3.69. The Morgan fingerprint density at radius 1 is 1.14 bits per heavy atom. The second kappa shape index (κ2) is 8.00. The van der Waals surface area contributed by atoms with Crippen molar-refractivity contribution in [2.45, 2.75) is 12.1 Å². The van der Waals surface area contributed by atoms with Crippen LogP contribution in [0.15, 0.2) is 67.0 Å². The molecule has 1 aliphatic rings. The highest BCUT2D eigenvalue weighted by atomic mass is 32.1. The highest BCUT2D eigenvalue weighted by Gasteiger charge is 2.40. The van der Waals surface area contributed by atoms with E-state index in [1.54, 1.807) is 13.3 Å². The number of hydrogen-bond acceptors (Lipinski definition) is 4. The molecule has 144 valence electrons. The third-order valence-corrected chi connectivity index (χ3v) is 5.32. The van der Waals surface area contributed by atoms with E-state index in [4.69, 9.17) is 17.0 Å². The Hall–Kier alpha value is -2.90. The van der Waals surface area contributed by atoms with Crippen molar-refractivity contribution in [3.8, 4) is 11.4 Å². The first-order valence-electron chi connectivity index (χ1n) is 9.13. The number of thiocarbonyl (C=S) groups is 1. The molecule has 4 rings (SSSR count). The van der Waals surface area contributed by atoms with Gasteiger partial charge in [0.2, 0.25) is 0 Å². The van der Waals surface area contributed by atoms with Gasteiger partial charge in [0.15, 0.2) is 5.11 Å². The molecular weight excluding hydrogens is 372 g/mol. The lowest BCUT2D eigenvalue weighted by atomic mass is 10.0. The Bertz CT molecular complexity index is 943. The molecule has 2 aromatic heterocycles. The number of ether oxygens (including phenoxy) is 1. The molecule has 28 heavy (non-hydrogen) atoms. The molecule has 6 nitrogen and oxygen atoms in total. The normalized spacial score (nSPS) is 18.9. The first-order chi connectivity index (χ1) is 13.7. The van der Waals surface area contributed by atoms with Gasteiger partial charge in [-0.1, -0.05) is 6.07 Å². The van der Waals surface area contributed by atoms with Crippen LogP contribution in [0.2, 0.25) is 0 Å². The van der Waals surface area contributed by atoms with Gasteiger partial charge in [-0.05, 0) is 60.7 Å². The number of rotatable bonds is 6. The maximum Gasteiger partial charge on any atom is 0.170 e. The van der Waals surface area contributed by atoms with E-state index in [0.717, 1.165) is 22.8 Å². The molecule has 0 aliphatic carbocycles. The van der Waals surface area contributed by atoms with E-state index in [9.17, 15) is 5.11 Å². The fourth-order valence-corrected chi connectivity index (χ4v) is 4.02. The number of aromatic nitrogens is 2. The van der Waals surface area contributed by atoms with Crippen LogP contribution in [0.25, 0.3) is 5.69 Å². The second-order valence-corrected chi connectivity index (χ2v) is 6.93. The molecule has 0 radical (unpaired) electrons. The van der Waals surface area contributed by atoms with E-state index in [0.29, 0.717) is 11.7 Å². The third-order valence-electron chi connectivity index (χ3n) is 4.97. The quantitative estimate of drug-likeness (QED) is 0.627. The number of methoxy groups -OCH3 is 1. The average Bonchev–Trinajstić information content (AvgIpc) is 3.34. The fraction of sp³-hybridized carbons (Fsp3) is 0.238. The molecule has 1 aromatic carbocycles. The van der Waals surface area contributed by atoms with Gasteiger partial charge in [0.25, 0.3) is 0 Å². The summed E-state index contributed by atoms with van der Waals surface area (Å²) in [5.41, 5.74) is 3.02. The minimum Gasteiger partial charge on any atom is -0.497 e. The Morgan fingerprint density at radius 3 is 2.64 bits per heavy atom. The van der Waals surface area contributed by atoms with Gasteiger partial charge in [-0.25, -0.2) is 0 Å². The number of benzene rings is 1. The van der Waals surface area contributed by atoms with E-state index in [1.807, 2.05) is 59.6 Å². The highest BCUT2D eigenvalue weighted by molar-refractivity contribution is 7.80. The first kappa shape index (κ1) is 18.5. The molecule has 1 aliphatic heterocycles. The Kier molecular flexibility index (Phi) is 5.27. The molecule has 1 fully saturated rings. The van der Waals surface area contributed by atoms with Crippen LogP contribution in [0.4, 0.5) is 0 Å². The molecule has 7 heteroatoms. The van der Waals surface area contributed by atoms with Crippen LogP contribution in [0.1, 0.15) is 23.5 Å². The minimum absolute atomic E-state index is 0.0243. The van der Waals surface area contributed by atoms with Gasteiger partial charge in [-0.15, -0.1) is 0 Å². The van der Waals surface area contributed by atoms with Crippen LogP contribution < -0.4 is 10.1 Å². The van der Waals surface area contributed by atoms with Gasteiger partial charge < -0.3 is 24.6 Å². The van der Waals surface area contributed by atoms with Crippen molar-refractivity contribution in [2.24, 2.45) is 0 Å². The maximum absolute atomic E-state index is 9.60. The molecule has 0 bridgehead atoms. The topological polar surface area (TPSA) is 62.5 Å². The lowest BCUT2D eigenvalue weighted by Crippen LogP contribution is -2.32.